The molecular formula is C22H31ClN2O5. The third-order valence-corrected chi connectivity index (χ3v) is 5.83. The number of piperazine rings is 1. The predicted molar refractivity (Wildman–Crippen MR) is 114 cm³/mol. The molecule has 0 unspecified atom stereocenters. The minimum Gasteiger partial charge on any atom is -0.492 e. The van der Waals surface area contributed by atoms with Crippen molar-refractivity contribution in [2.45, 2.75) is 45.3 Å². The molecule has 1 aliphatic carbocycles. The molecule has 30 heavy (non-hydrogen) atoms. The SMILES string of the molecule is COC(=O)c1ccc(Cl)c(OCC2CC(N3CCN(C(=O)OC(C)(C)C)CC3)C2)c1. The summed E-state index contributed by atoms with van der Waals surface area (Å²) in [5.74, 6) is 0.552. The average molecular weight is 439 g/mol. The van der Waals surface area contributed by atoms with Crippen LogP contribution in [-0.4, -0.2) is 73.4 Å². The number of hydrogen-bond donors (Lipinski definition) is 0. The molecule has 166 valence electrons. The number of nitrogens with zero attached hydrogens (tertiary/aromatic N) is 2. The standard InChI is InChI=1S/C22H31ClN2O5/c1-22(2,3)30-21(27)25-9-7-24(8-10-25)17-11-15(12-17)14-29-19-13-16(20(26)28-4)5-6-18(19)23/h5-6,13,15,17H,7-12,14H2,1-4H3. The largest absolute Gasteiger partial charge is 0.492 e. The van der Waals surface area contributed by atoms with Gasteiger partial charge >= 0.3 is 12.1 Å². The second-order valence-electron chi connectivity index (χ2n) is 8.94. The number of rotatable bonds is 5. The molecule has 0 radical (unpaired) electrons. The number of methoxy groups -OCH3 is 1. The van der Waals surface area contributed by atoms with Gasteiger partial charge in [0.1, 0.15) is 11.4 Å². The van der Waals surface area contributed by atoms with Gasteiger partial charge in [0.15, 0.2) is 0 Å². The van der Waals surface area contributed by atoms with E-state index >= 15 is 0 Å². The Labute approximate surface area is 183 Å². The van der Waals surface area contributed by atoms with Crippen LogP contribution in [0.3, 0.4) is 0 Å². The molecular weight excluding hydrogens is 408 g/mol. The maximum Gasteiger partial charge on any atom is 0.410 e. The number of halogens is 1. The molecule has 0 atom stereocenters. The van der Waals surface area contributed by atoms with Crippen molar-refractivity contribution in [2.24, 2.45) is 5.92 Å². The summed E-state index contributed by atoms with van der Waals surface area (Å²) in [5, 5.41) is 0.483. The predicted octanol–water partition coefficient (Wildman–Crippen LogP) is 3.84. The Kier molecular flexibility index (Phi) is 7.14. The molecule has 8 heteroatoms. The first-order valence-electron chi connectivity index (χ1n) is 10.4. The van der Waals surface area contributed by atoms with Crippen molar-refractivity contribution in [3.63, 3.8) is 0 Å². The van der Waals surface area contributed by atoms with Gasteiger partial charge in [0, 0.05) is 32.2 Å². The van der Waals surface area contributed by atoms with Gasteiger partial charge in [-0.15, -0.1) is 0 Å². The van der Waals surface area contributed by atoms with Gasteiger partial charge in [0.25, 0.3) is 0 Å². The summed E-state index contributed by atoms with van der Waals surface area (Å²) in [6.07, 6.45) is 1.88. The highest BCUT2D eigenvalue weighted by molar-refractivity contribution is 6.32. The second-order valence-corrected chi connectivity index (χ2v) is 9.35. The Morgan fingerprint density at radius 3 is 2.40 bits per heavy atom. The van der Waals surface area contributed by atoms with Gasteiger partial charge in [-0.25, -0.2) is 9.59 Å². The van der Waals surface area contributed by atoms with E-state index in [1.54, 1.807) is 23.1 Å². The van der Waals surface area contributed by atoms with Crippen LogP contribution in [0, 0.1) is 5.92 Å². The summed E-state index contributed by atoms with van der Waals surface area (Å²) in [4.78, 5) is 28.1. The van der Waals surface area contributed by atoms with E-state index in [1.807, 2.05) is 20.8 Å². The van der Waals surface area contributed by atoms with Crippen LogP contribution in [0.1, 0.15) is 44.0 Å². The molecule has 0 spiro atoms. The van der Waals surface area contributed by atoms with Crippen molar-refractivity contribution in [3.05, 3.63) is 28.8 Å². The minimum absolute atomic E-state index is 0.229. The van der Waals surface area contributed by atoms with E-state index in [4.69, 9.17) is 25.8 Å². The summed E-state index contributed by atoms with van der Waals surface area (Å²) in [6, 6.07) is 5.42. The van der Waals surface area contributed by atoms with Crippen LogP contribution in [0.25, 0.3) is 0 Å². The molecule has 3 rings (SSSR count). The molecule has 2 aliphatic rings. The van der Waals surface area contributed by atoms with Crippen LogP contribution >= 0.6 is 11.6 Å². The molecule has 0 N–H and O–H groups in total. The summed E-state index contributed by atoms with van der Waals surface area (Å²) in [5.41, 5.74) is -0.0412. The smallest absolute Gasteiger partial charge is 0.410 e. The lowest BCUT2D eigenvalue weighted by Gasteiger charge is -2.46. The zero-order valence-electron chi connectivity index (χ0n) is 18.2. The maximum absolute atomic E-state index is 12.2. The molecule has 1 aromatic carbocycles. The Balaban J connectivity index is 1.40. The Morgan fingerprint density at radius 2 is 1.80 bits per heavy atom. The summed E-state index contributed by atoms with van der Waals surface area (Å²) in [7, 11) is 1.35. The summed E-state index contributed by atoms with van der Waals surface area (Å²) >= 11 is 6.19. The van der Waals surface area contributed by atoms with Gasteiger partial charge in [0.05, 0.1) is 24.3 Å². The van der Waals surface area contributed by atoms with Crippen LogP contribution in [0.4, 0.5) is 4.79 Å². The lowest BCUT2D eigenvalue weighted by Crippen LogP contribution is -2.56. The average Bonchev–Trinajstić information content (AvgIpc) is 2.66. The van der Waals surface area contributed by atoms with Crippen molar-refractivity contribution < 1.29 is 23.8 Å². The molecule has 0 bridgehead atoms. The summed E-state index contributed by atoms with van der Waals surface area (Å²) in [6.45, 7) is 9.35. The van der Waals surface area contributed by atoms with Crippen LogP contribution in [-0.2, 0) is 9.47 Å². The first kappa shape index (κ1) is 22.7. The second kappa shape index (κ2) is 9.43. The number of amides is 1. The molecule has 1 saturated carbocycles. The van der Waals surface area contributed by atoms with Gasteiger partial charge in [-0.2, -0.15) is 0 Å². The molecule has 0 aromatic heterocycles. The van der Waals surface area contributed by atoms with E-state index in [0.717, 1.165) is 25.9 Å². The van der Waals surface area contributed by atoms with Gasteiger partial charge in [-0.05, 0) is 57.7 Å². The lowest BCUT2D eigenvalue weighted by molar-refractivity contribution is -0.00621. The first-order valence-corrected chi connectivity index (χ1v) is 10.8. The number of benzene rings is 1. The first-order chi connectivity index (χ1) is 14.2. The quantitative estimate of drug-likeness (QED) is 0.650. The Morgan fingerprint density at radius 1 is 1.13 bits per heavy atom. The van der Waals surface area contributed by atoms with Crippen molar-refractivity contribution >= 4 is 23.7 Å². The van der Waals surface area contributed by atoms with Gasteiger partial charge < -0.3 is 19.1 Å². The fourth-order valence-corrected chi connectivity index (χ4v) is 3.97. The molecule has 7 nitrogen and oxygen atoms in total. The normalized spacial score (nSPS) is 22.2. The van der Waals surface area contributed by atoms with Gasteiger partial charge in [-0.1, -0.05) is 11.6 Å². The van der Waals surface area contributed by atoms with Crippen molar-refractivity contribution in [1.82, 2.24) is 9.80 Å². The number of ether oxygens (including phenoxy) is 3. The number of esters is 1. The van der Waals surface area contributed by atoms with Gasteiger partial charge in [0.2, 0.25) is 0 Å². The topological polar surface area (TPSA) is 68.3 Å². The van der Waals surface area contributed by atoms with Crippen molar-refractivity contribution in [1.29, 1.82) is 0 Å². The van der Waals surface area contributed by atoms with Crippen LogP contribution in [0.5, 0.6) is 5.75 Å². The number of carbonyl (C=O) groups excluding carboxylic acids is 2. The molecule has 1 heterocycles. The van der Waals surface area contributed by atoms with E-state index in [9.17, 15) is 9.59 Å². The Hall–Kier alpha value is -1.99. The van der Waals surface area contributed by atoms with E-state index < -0.39 is 11.6 Å². The maximum atomic E-state index is 12.2. The van der Waals surface area contributed by atoms with Crippen molar-refractivity contribution in [2.75, 3.05) is 39.9 Å². The van der Waals surface area contributed by atoms with Crippen LogP contribution < -0.4 is 4.74 Å². The monoisotopic (exact) mass is 438 g/mol. The molecule has 1 aliphatic heterocycles. The zero-order valence-corrected chi connectivity index (χ0v) is 18.9. The van der Waals surface area contributed by atoms with E-state index in [0.29, 0.717) is 48.0 Å². The van der Waals surface area contributed by atoms with Crippen LogP contribution in [0.15, 0.2) is 18.2 Å². The summed E-state index contributed by atoms with van der Waals surface area (Å²) < 4.78 is 16.1. The van der Waals surface area contributed by atoms with E-state index in [-0.39, 0.29) is 6.09 Å². The fourth-order valence-electron chi connectivity index (χ4n) is 3.80. The molecule has 1 amide bonds. The molecule has 1 aromatic rings. The zero-order chi connectivity index (χ0) is 21.9. The number of carbonyl (C=O) groups is 2. The lowest BCUT2D eigenvalue weighted by atomic mass is 9.79. The van der Waals surface area contributed by atoms with Crippen LogP contribution in [0.2, 0.25) is 5.02 Å². The van der Waals surface area contributed by atoms with E-state index in [1.165, 1.54) is 7.11 Å². The highest BCUT2D eigenvalue weighted by atomic mass is 35.5. The highest BCUT2D eigenvalue weighted by Gasteiger charge is 2.36. The third kappa shape index (κ3) is 5.79. The Bertz CT molecular complexity index is 765. The highest BCUT2D eigenvalue weighted by Crippen LogP contribution is 2.34. The number of hydrogen-bond acceptors (Lipinski definition) is 6. The third-order valence-electron chi connectivity index (χ3n) is 5.52. The van der Waals surface area contributed by atoms with E-state index in [2.05, 4.69) is 4.90 Å². The van der Waals surface area contributed by atoms with Crippen molar-refractivity contribution in [3.8, 4) is 5.75 Å². The minimum atomic E-state index is -0.464. The molecule has 1 saturated heterocycles. The fraction of sp³-hybridized carbons (Fsp3) is 0.636. The van der Waals surface area contributed by atoms with Gasteiger partial charge in [-0.3, -0.25) is 4.90 Å². The molecule has 2 fully saturated rings.